The van der Waals surface area contributed by atoms with Gasteiger partial charge in [0.2, 0.25) is 11.1 Å². The van der Waals surface area contributed by atoms with Crippen LogP contribution >= 0.6 is 11.6 Å². The molecule has 0 radical (unpaired) electrons. The van der Waals surface area contributed by atoms with Crippen molar-refractivity contribution in [1.29, 1.82) is 5.26 Å². The number of benzene rings is 1. The molecule has 106 valence electrons. The Labute approximate surface area is 125 Å². The van der Waals surface area contributed by atoms with Gasteiger partial charge in [-0.3, -0.25) is 10.1 Å². The molecule has 0 unspecified atom stereocenters. The second kappa shape index (κ2) is 6.15. The van der Waals surface area contributed by atoms with Gasteiger partial charge in [-0.15, -0.1) is 0 Å². The summed E-state index contributed by atoms with van der Waals surface area (Å²) in [6.07, 6.45) is 0. The van der Waals surface area contributed by atoms with Crippen LogP contribution in [-0.4, -0.2) is 14.9 Å². The zero-order valence-corrected chi connectivity index (χ0v) is 11.8. The highest BCUT2D eigenvalue weighted by molar-refractivity contribution is 6.28. The number of nitrogens with one attached hydrogen (secondary N) is 1. The molecule has 0 aliphatic heterocycles. The van der Waals surface area contributed by atoms with Gasteiger partial charge in [0.05, 0.1) is 16.6 Å². The first kappa shape index (κ1) is 14.7. The first-order valence-corrected chi connectivity index (χ1v) is 6.30. The predicted octanol–water partition coefficient (Wildman–Crippen LogP) is 2.83. The van der Waals surface area contributed by atoms with E-state index in [0.717, 1.165) is 5.56 Å². The Balaban J connectivity index is 2.23. The Bertz CT molecular complexity index is 725. The van der Waals surface area contributed by atoms with Gasteiger partial charge in [-0.1, -0.05) is 12.1 Å². The number of aryl methyl sites for hydroxylation is 1. The van der Waals surface area contributed by atoms with Crippen molar-refractivity contribution in [1.82, 2.24) is 9.97 Å². The van der Waals surface area contributed by atoms with Gasteiger partial charge in [-0.2, -0.15) is 10.2 Å². The van der Waals surface area contributed by atoms with Gasteiger partial charge in [0.15, 0.2) is 0 Å². The number of rotatable bonds is 4. The highest BCUT2D eigenvalue weighted by Gasteiger charge is 2.21. The Hall–Kier alpha value is -2.72. The summed E-state index contributed by atoms with van der Waals surface area (Å²) in [6, 6.07) is 8.87. The molecule has 0 saturated heterocycles. The predicted molar refractivity (Wildman–Crippen MR) is 76.9 cm³/mol. The van der Waals surface area contributed by atoms with Crippen molar-refractivity contribution >= 4 is 23.1 Å². The first-order chi connectivity index (χ1) is 10.0. The molecule has 0 amide bonds. The Morgan fingerprint density at radius 2 is 2.05 bits per heavy atom. The summed E-state index contributed by atoms with van der Waals surface area (Å²) in [6.45, 7) is 1.82. The minimum Gasteiger partial charge on any atom is -0.360 e. The van der Waals surface area contributed by atoms with E-state index in [1.54, 1.807) is 24.3 Å². The lowest BCUT2D eigenvalue weighted by Crippen LogP contribution is -2.07. The molecule has 8 heteroatoms. The molecule has 7 nitrogen and oxygen atoms in total. The number of nitriles is 1. The van der Waals surface area contributed by atoms with E-state index >= 15 is 0 Å². The molecule has 21 heavy (non-hydrogen) atoms. The van der Waals surface area contributed by atoms with Gasteiger partial charge in [-0.05, 0) is 36.2 Å². The largest absolute Gasteiger partial charge is 0.360 e. The topological polar surface area (TPSA) is 105 Å². The van der Waals surface area contributed by atoms with E-state index in [9.17, 15) is 10.1 Å². The van der Waals surface area contributed by atoms with Crippen LogP contribution in [0.25, 0.3) is 0 Å². The van der Waals surface area contributed by atoms with E-state index in [1.165, 1.54) is 6.92 Å². The highest BCUT2D eigenvalue weighted by atomic mass is 35.5. The number of nitrogens with zero attached hydrogens (tertiary/aromatic N) is 4. The summed E-state index contributed by atoms with van der Waals surface area (Å²) in [5.74, 6) is 0.0712. The van der Waals surface area contributed by atoms with Crippen LogP contribution < -0.4 is 5.32 Å². The van der Waals surface area contributed by atoms with Crippen molar-refractivity contribution in [2.45, 2.75) is 13.5 Å². The number of hydrogen-bond acceptors (Lipinski definition) is 6. The van der Waals surface area contributed by atoms with Crippen LogP contribution in [0.5, 0.6) is 0 Å². The second-order valence-electron chi connectivity index (χ2n) is 4.19. The number of halogens is 1. The van der Waals surface area contributed by atoms with Crippen molar-refractivity contribution in [3.05, 3.63) is 56.5 Å². The van der Waals surface area contributed by atoms with Crippen LogP contribution in [0.4, 0.5) is 11.5 Å². The summed E-state index contributed by atoms with van der Waals surface area (Å²) in [7, 11) is 0. The zero-order valence-electron chi connectivity index (χ0n) is 11.0. The van der Waals surface area contributed by atoms with E-state index in [0.29, 0.717) is 12.1 Å². The number of aromatic nitrogens is 2. The summed E-state index contributed by atoms with van der Waals surface area (Å²) in [4.78, 5) is 18.1. The molecule has 0 saturated carbocycles. The third-order valence-corrected chi connectivity index (χ3v) is 2.93. The number of hydrogen-bond donors (Lipinski definition) is 1. The summed E-state index contributed by atoms with van der Waals surface area (Å²) >= 11 is 5.73. The maximum atomic E-state index is 11.1. The fourth-order valence-electron chi connectivity index (χ4n) is 1.76. The summed E-state index contributed by atoms with van der Waals surface area (Å²) in [5.41, 5.74) is 1.40. The number of nitro groups is 1. The molecule has 1 aromatic heterocycles. The third kappa shape index (κ3) is 3.43. The van der Waals surface area contributed by atoms with Crippen LogP contribution in [0.2, 0.25) is 5.28 Å². The molecule has 0 fully saturated rings. The smallest absolute Gasteiger partial charge is 0.332 e. The van der Waals surface area contributed by atoms with Crippen LogP contribution in [0.15, 0.2) is 24.3 Å². The second-order valence-corrected chi connectivity index (χ2v) is 4.53. The normalized spacial score (nSPS) is 9.95. The molecular formula is C13H10ClN5O2. The number of anilines is 1. The van der Waals surface area contributed by atoms with Crippen molar-refractivity contribution < 1.29 is 4.92 Å². The molecule has 1 aromatic carbocycles. The van der Waals surface area contributed by atoms with Crippen LogP contribution in [0.3, 0.4) is 0 Å². The molecule has 0 spiro atoms. The van der Waals surface area contributed by atoms with E-state index in [-0.39, 0.29) is 22.5 Å². The Morgan fingerprint density at radius 3 is 2.62 bits per heavy atom. The van der Waals surface area contributed by atoms with Gasteiger partial charge in [0.25, 0.3) is 0 Å². The summed E-state index contributed by atoms with van der Waals surface area (Å²) in [5, 5.41) is 22.6. The fourth-order valence-corrected chi connectivity index (χ4v) is 1.97. The Morgan fingerprint density at radius 1 is 1.38 bits per heavy atom. The maximum absolute atomic E-state index is 11.1. The summed E-state index contributed by atoms with van der Waals surface area (Å²) < 4.78 is 0. The standard InChI is InChI=1S/C13H10ClN5O2/c1-8-11(19(20)21)12(18-13(14)17-8)16-7-10-4-2-9(6-15)3-5-10/h2-5H,7H2,1H3,(H,16,17,18). The van der Waals surface area contributed by atoms with Crippen molar-refractivity contribution in [2.75, 3.05) is 5.32 Å². The van der Waals surface area contributed by atoms with E-state index in [4.69, 9.17) is 16.9 Å². The van der Waals surface area contributed by atoms with Gasteiger partial charge in [-0.25, -0.2) is 4.98 Å². The first-order valence-electron chi connectivity index (χ1n) is 5.92. The van der Waals surface area contributed by atoms with Crippen LogP contribution in [0.1, 0.15) is 16.8 Å². The maximum Gasteiger partial charge on any atom is 0.332 e. The average molecular weight is 304 g/mol. The highest BCUT2D eigenvalue weighted by Crippen LogP contribution is 2.26. The van der Waals surface area contributed by atoms with Crippen LogP contribution in [0, 0.1) is 28.4 Å². The quantitative estimate of drug-likeness (QED) is 0.529. The van der Waals surface area contributed by atoms with Crippen molar-refractivity contribution in [3.63, 3.8) is 0 Å². The molecule has 0 bridgehead atoms. The molecule has 0 aliphatic rings. The third-order valence-electron chi connectivity index (χ3n) is 2.76. The molecule has 2 aromatic rings. The lowest BCUT2D eigenvalue weighted by molar-refractivity contribution is -0.385. The van der Waals surface area contributed by atoms with E-state index in [2.05, 4.69) is 15.3 Å². The monoisotopic (exact) mass is 303 g/mol. The van der Waals surface area contributed by atoms with E-state index < -0.39 is 4.92 Å². The molecule has 2 rings (SSSR count). The Kier molecular flexibility index (Phi) is 4.30. The van der Waals surface area contributed by atoms with Crippen molar-refractivity contribution in [3.8, 4) is 6.07 Å². The molecular weight excluding hydrogens is 294 g/mol. The lowest BCUT2D eigenvalue weighted by Gasteiger charge is -2.08. The fraction of sp³-hybridized carbons (Fsp3) is 0.154. The SMILES string of the molecule is Cc1nc(Cl)nc(NCc2ccc(C#N)cc2)c1[N+](=O)[O-]. The molecule has 1 heterocycles. The molecule has 0 aliphatic carbocycles. The van der Waals surface area contributed by atoms with Gasteiger partial charge in [0.1, 0.15) is 5.69 Å². The zero-order chi connectivity index (χ0) is 15.4. The van der Waals surface area contributed by atoms with Crippen molar-refractivity contribution in [2.24, 2.45) is 0 Å². The molecule has 0 atom stereocenters. The lowest BCUT2D eigenvalue weighted by atomic mass is 10.1. The molecule has 1 N–H and O–H groups in total. The minimum atomic E-state index is -0.549. The minimum absolute atomic E-state index is 0.0552. The van der Waals surface area contributed by atoms with Gasteiger partial charge < -0.3 is 5.32 Å². The van der Waals surface area contributed by atoms with Gasteiger partial charge >= 0.3 is 5.69 Å². The van der Waals surface area contributed by atoms with E-state index in [1.807, 2.05) is 6.07 Å². The average Bonchev–Trinajstić information content (AvgIpc) is 2.44. The van der Waals surface area contributed by atoms with Gasteiger partial charge in [0, 0.05) is 6.54 Å². The van der Waals surface area contributed by atoms with Crippen LogP contribution in [-0.2, 0) is 6.54 Å².